The van der Waals surface area contributed by atoms with E-state index < -0.39 is 24.1 Å². The van der Waals surface area contributed by atoms with Gasteiger partial charge < -0.3 is 19.7 Å². The van der Waals surface area contributed by atoms with Crippen LogP contribution in [0.4, 0.5) is 0 Å². The summed E-state index contributed by atoms with van der Waals surface area (Å²) < 4.78 is 9.72. The van der Waals surface area contributed by atoms with Crippen LogP contribution >= 0.6 is 0 Å². The Morgan fingerprint density at radius 3 is 1.60 bits per heavy atom. The monoisotopic (exact) mass is 282 g/mol. The first-order valence-corrected chi connectivity index (χ1v) is 6.21. The molecule has 2 unspecified atom stereocenters. The number of rotatable bonds is 6. The zero-order valence-corrected chi connectivity index (χ0v) is 11.4. The lowest BCUT2D eigenvalue weighted by molar-refractivity contribution is 0.0258. The molecule has 0 bridgehead atoms. The largest absolute Gasteiger partial charge is 0.459 e. The Balaban J connectivity index is 2.82. The predicted octanol–water partition coefficient (Wildman–Crippen LogP) is 0.762. The lowest BCUT2D eigenvalue weighted by Gasteiger charge is -2.11. The lowest BCUT2D eigenvalue weighted by atomic mass is 10.1. The highest BCUT2D eigenvalue weighted by Gasteiger charge is 2.19. The van der Waals surface area contributed by atoms with Gasteiger partial charge in [-0.05, 0) is 26.0 Å². The molecule has 1 aromatic rings. The van der Waals surface area contributed by atoms with Crippen LogP contribution in [0.3, 0.4) is 0 Å². The summed E-state index contributed by atoms with van der Waals surface area (Å²) in [4.78, 5) is 23.6. The Bertz CT molecular complexity index is 423. The normalized spacial score (nSPS) is 13.4. The topological polar surface area (TPSA) is 93.1 Å². The molecule has 2 N–H and O–H groups in total. The minimum absolute atomic E-state index is 0.0590. The molecule has 0 amide bonds. The summed E-state index contributed by atoms with van der Waals surface area (Å²) in [6.45, 7) is 2.65. The van der Waals surface area contributed by atoms with E-state index in [2.05, 4.69) is 0 Å². The second-order valence-electron chi connectivity index (χ2n) is 4.44. The third-order valence-corrected chi connectivity index (χ3v) is 2.28. The van der Waals surface area contributed by atoms with Gasteiger partial charge in [0.15, 0.2) is 0 Å². The van der Waals surface area contributed by atoms with Crippen LogP contribution in [0.15, 0.2) is 24.3 Å². The highest BCUT2D eigenvalue weighted by atomic mass is 16.5. The fraction of sp³-hybridized carbons (Fsp3) is 0.429. The second kappa shape index (κ2) is 7.62. The number of ether oxygens (including phenoxy) is 2. The first-order chi connectivity index (χ1) is 9.41. The zero-order valence-electron chi connectivity index (χ0n) is 11.4. The van der Waals surface area contributed by atoms with Crippen LogP contribution < -0.4 is 0 Å². The van der Waals surface area contributed by atoms with E-state index in [1.165, 1.54) is 26.0 Å². The Hall–Kier alpha value is -1.92. The summed E-state index contributed by atoms with van der Waals surface area (Å²) in [6.07, 6.45) is -1.57. The maximum atomic E-state index is 11.8. The third kappa shape index (κ3) is 4.99. The number of esters is 2. The van der Waals surface area contributed by atoms with Crippen molar-refractivity contribution in [1.82, 2.24) is 0 Å². The van der Waals surface area contributed by atoms with Gasteiger partial charge in [0.25, 0.3) is 0 Å². The van der Waals surface area contributed by atoms with Crippen LogP contribution in [0.2, 0.25) is 0 Å². The quantitative estimate of drug-likeness (QED) is 0.748. The van der Waals surface area contributed by atoms with E-state index in [0.717, 1.165) is 0 Å². The van der Waals surface area contributed by atoms with Gasteiger partial charge in [-0.1, -0.05) is 12.1 Å². The number of hydrogen-bond donors (Lipinski definition) is 2. The average Bonchev–Trinajstić information content (AvgIpc) is 2.42. The van der Waals surface area contributed by atoms with Crippen molar-refractivity contribution in [1.29, 1.82) is 0 Å². The SMILES string of the molecule is CC(O)COC(=O)c1ccccc1C(=O)OCC(C)O. The molecule has 0 saturated carbocycles. The number of carbonyl (C=O) groups is 2. The van der Waals surface area contributed by atoms with E-state index in [-0.39, 0.29) is 24.3 Å². The first kappa shape index (κ1) is 16.1. The van der Waals surface area contributed by atoms with Gasteiger partial charge in [-0.25, -0.2) is 9.59 Å². The summed E-state index contributed by atoms with van der Waals surface area (Å²) in [5, 5.41) is 18.2. The number of benzene rings is 1. The van der Waals surface area contributed by atoms with E-state index in [1.54, 1.807) is 12.1 Å². The zero-order chi connectivity index (χ0) is 15.1. The summed E-state index contributed by atoms with van der Waals surface area (Å²) in [7, 11) is 0. The molecule has 0 aliphatic rings. The molecule has 6 nitrogen and oxygen atoms in total. The van der Waals surface area contributed by atoms with Gasteiger partial charge in [0, 0.05) is 0 Å². The smallest absolute Gasteiger partial charge is 0.339 e. The minimum Gasteiger partial charge on any atom is -0.459 e. The Morgan fingerprint density at radius 1 is 0.950 bits per heavy atom. The van der Waals surface area contributed by atoms with E-state index in [1.807, 2.05) is 0 Å². The number of carbonyl (C=O) groups excluding carboxylic acids is 2. The number of hydrogen-bond acceptors (Lipinski definition) is 6. The van der Waals surface area contributed by atoms with E-state index in [0.29, 0.717) is 0 Å². The van der Waals surface area contributed by atoms with Crippen molar-refractivity contribution in [3.63, 3.8) is 0 Å². The number of aliphatic hydroxyl groups is 2. The predicted molar refractivity (Wildman–Crippen MR) is 70.4 cm³/mol. The molecule has 0 spiro atoms. The van der Waals surface area contributed by atoms with Crippen molar-refractivity contribution in [3.05, 3.63) is 35.4 Å². The van der Waals surface area contributed by atoms with Gasteiger partial charge in [0.1, 0.15) is 13.2 Å². The molecule has 0 aliphatic heterocycles. The van der Waals surface area contributed by atoms with E-state index in [4.69, 9.17) is 19.7 Å². The van der Waals surface area contributed by atoms with E-state index >= 15 is 0 Å². The van der Waals surface area contributed by atoms with E-state index in [9.17, 15) is 9.59 Å². The standard InChI is InChI=1S/C14H18O6/c1-9(15)7-19-13(17)11-5-3-4-6-12(11)14(18)20-8-10(2)16/h3-6,9-10,15-16H,7-8H2,1-2H3. The van der Waals surface area contributed by atoms with Crippen molar-refractivity contribution < 1.29 is 29.3 Å². The fourth-order valence-corrected chi connectivity index (χ4v) is 1.39. The first-order valence-electron chi connectivity index (χ1n) is 6.21. The molecule has 20 heavy (non-hydrogen) atoms. The molecule has 110 valence electrons. The molecule has 2 atom stereocenters. The highest BCUT2D eigenvalue weighted by Crippen LogP contribution is 2.12. The van der Waals surface area contributed by atoms with Crippen LogP contribution in [-0.4, -0.2) is 47.6 Å². The summed E-state index contributed by atoms with van der Waals surface area (Å²) >= 11 is 0. The van der Waals surface area contributed by atoms with Crippen molar-refractivity contribution in [2.45, 2.75) is 26.1 Å². The van der Waals surface area contributed by atoms with Crippen LogP contribution in [-0.2, 0) is 9.47 Å². The molecule has 1 rings (SSSR count). The molecule has 0 saturated heterocycles. The Labute approximate surface area is 116 Å². The number of aliphatic hydroxyl groups excluding tert-OH is 2. The molecular weight excluding hydrogens is 264 g/mol. The maximum Gasteiger partial charge on any atom is 0.339 e. The lowest BCUT2D eigenvalue weighted by Crippen LogP contribution is -2.20. The van der Waals surface area contributed by atoms with Gasteiger partial charge in [-0.3, -0.25) is 0 Å². The Morgan fingerprint density at radius 2 is 1.30 bits per heavy atom. The third-order valence-electron chi connectivity index (χ3n) is 2.28. The Kier molecular flexibility index (Phi) is 6.14. The van der Waals surface area contributed by atoms with Crippen molar-refractivity contribution >= 4 is 11.9 Å². The van der Waals surface area contributed by atoms with Gasteiger partial charge in [-0.2, -0.15) is 0 Å². The molecule has 1 aromatic carbocycles. The molecule has 0 aliphatic carbocycles. The summed E-state index contributed by atoms with van der Waals surface area (Å²) in [5.74, 6) is -1.43. The molecule has 0 heterocycles. The second-order valence-corrected chi connectivity index (χ2v) is 4.44. The van der Waals surface area contributed by atoms with Crippen molar-refractivity contribution in [3.8, 4) is 0 Å². The van der Waals surface area contributed by atoms with Gasteiger partial charge in [-0.15, -0.1) is 0 Å². The van der Waals surface area contributed by atoms with Gasteiger partial charge in [0.05, 0.1) is 23.3 Å². The molecule has 0 radical (unpaired) electrons. The highest BCUT2D eigenvalue weighted by molar-refractivity contribution is 6.03. The van der Waals surface area contributed by atoms with Gasteiger partial charge in [0.2, 0.25) is 0 Å². The van der Waals surface area contributed by atoms with Crippen molar-refractivity contribution in [2.24, 2.45) is 0 Å². The summed E-state index contributed by atoms with van der Waals surface area (Å²) in [6, 6.07) is 6.04. The maximum absolute atomic E-state index is 11.8. The fourth-order valence-electron chi connectivity index (χ4n) is 1.39. The minimum atomic E-state index is -0.784. The molecule has 0 fully saturated rings. The van der Waals surface area contributed by atoms with Gasteiger partial charge >= 0.3 is 11.9 Å². The van der Waals surface area contributed by atoms with Crippen LogP contribution in [0.1, 0.15) is 34.6 Å². The molecule has 6 heteroatoms. The van der Waals surface area contributed by atoms with Crippen LogP contribution in [0, 0.1) is 0 Å². The molecule has 0 aromatic heterocycles. The van der Waals surface area contributed by atoms with Crippen LogP contribution in [0.25, 0.3) is 0 Å². The average molecular weight is 282 g/mol. The molecular formula is C14H18O6. The summed E-state index contributed by atoms with van der Waals surface area (Å²) in [5.41, 5.74) is 0.118. The van der Waals surface area contributed by atoms with Crippen molar-refractivity contribution in [2.75, 3.05) is 13.2 Å². The van der Waals surface area contributed by atoms with Crippen LogP contribution in [0.5, 0.6) is 0 Å².